The first-order chi connectivity index (χ1) is 14.3. The van der Waals surface area contributed by atoms with Crippen LogP contribution in [0.25, 0.3) is 0 Å². The molecular formula is C17H32N6O8. The number of rotatable bonds is 14. The summed E-state index contributed by atoms with van der Waals surface area (Å²) in [7, 11) is 0. The van der Waals surface area contributed by atoms with E-state index in [1.54, 1.807) is 0 Å². The summed E-state index contributed by atoms with van der Waals surface area (Å²) in [6.07, 6.45) is 0.616. The van der Waals surface area contributed by atoms with Crippen LogP contribution in [0.4, 0.5) is 0 Å². The second-order valence-electron chi connectivity index (χ2n) is 6.55. The van der Waals surface area contributed by atoms with E-state index in [1.165, 1.54) is 0 Å². The Balaban J connectivity index is 0. The SMILES string of the molecule is CC(=O)O.NCCCC[C@H](N)C(=O)N[C@@H](CCC(N)=O)C(=O)N[C@@H](CC(N)=O)C(=O)O. The topological polar surface area (TPSA) is 271 Å². The third-order valence-electron chi connectivity index (χ3n) is 3.64. The third kappa shape index (κ3) is 17.3. The summed E-state index contributed by atoms with van der Waals surface area (Å²) in [4.78, 5) is 66.5. The van der Waals surface area contributed by atoms with Crippen molar-refractivity contribution in [3.63, 3.8) is 0 Å². The van der Waals surface area contributed by atoms with Crippen molar-refractivity contribution >= 4 is 35.6 Å². The quantitative estimate of drug-likeness (QED) is 0.123. The van der Waals surface area contributed by atoms with E-state index in [1.807, 2.05) is 0 Å². The average molecular weight is 448 g/mol. The molecule has 0 bridgehead atoms. The largest absolute Gasteiger partial charge is 0.481 e. The molecule has 178 valence electrons. The first-order valence-corrected chi connectivity index (χ1v) is 9.37. The van der Waals surface area contributed by atoms with Gasteiger partial charge in [0.25, 0.3) is 5.97 Å². The second-order valence-corrected chi connectivity index (χ2v) is 6.55. The van der Waals surface area contributed by atoms with Gasteiger partial charge in [-0.2, -0.15) is 0 Å². The summed E-state index contributed by atoms with van der Waals surface area (Å²) in [6, 6.07) is -3.72. The molecule has 0 heterocycles. The number of hydrogen-bond donors (Lipinski definition) is 8. The fourth-order valence-electron chi connectivity index (χ4n) is 2.15. The van der Waals surface area contributed by atoms with Crippen LogP contribution in [-0.2, 0) is 28.8 Å². The summed E-state index contributed by atoms with van der Waals surface area (Å²) < 4.78 is 0. The van der Waals surface area contributed by atoms with E-state index >= 15 is 0 Å². The molecule has 4 amide bonds. The van der Waals surface area contributed by atoms with E-state index in [-0.39, 0.29) is 12.8 Å². The number of carboxylic acids is 2. The lowest BCUT2D eigenvalue weighted by atomic mass is 10.1. The molecule has 0 rings (SSSR count). The maximum Gasteiger partial charge on any atom is 0.326 e. The number of nitrogens with two attached hydrogens (primary N) is 4. The van der Waals surface area contributed by atoms with E-state index in [4.69, 9.17) is 37.9 Å². The highest BCUT2D eigenvalue weighted by molar-refractivity contribution is 5.93. The minimum absolute atomic E-state index is 0.161. The van der Waals surface area contributed by atoms with E-state index in [0.717, 1.165) is 6.92 Å². The zero-order chi connectivity index (χ0) is 24.6. The highest BCUT2D eigenvalue weighted by Crippen LogP contribution is 2.03. The molecule has 0 saturated carbocycles. The maximum absolute atomic E-state index is 12.3. The van der Waals surface area contributed by atoms with Gasteiger partial charge in [-0.05, 0) is 25.8 Å². The molecule has 0 aliphatic carbocycles. The number of amides is 4. The number of aliphatic carboxylic acids is 2. The first kappa shape index (κ1) is 29.9. The van der Waals surface area contributed by atoms with Crippen molar-refractivity contribution in [3.8, 4) is 0 Å². The van der Waals surface area contributed by atoms with Gasteiger partial charge in [0.1, 0.15) is 12.1 Å². The van der Waals surface area contributed by atoms with Crippen LogP contribution in [-0.4, -0.2) is 70.5 Å². The lowest BCUT2D eigenvalue weighted by Gasteiger charge is -2.22. The fraction of sp³-hybridized carbons (Fsp3) is 0.647. The van der Waals surface area contributed by atoms with Gasteiger partial charge in [-0.25, -0.2) is 4.79 Å². The average Bonchev–Trinajstić information content (AvgIpc) is 2.63. The van der Waals surface area contributed by atoms with Crippen LogP contribution in [0.3, 0.4) is 0 Å². The molecule has 31 heavy (non-hydrogen) atoms. The highest BCUT2D eigenvalue weighted by atomic mass is 16.4. The number of carbonyl (C=O) groups is 6. The predicted octanol–water partition coefficient (Wildman–Crippen LogP) is -3.27. The highest BCUT2D eigenvalue weighted by Gasteiger charge is 2.28. The van der Waals surface area contributed by atoms with Crippen molar-refractivity contribution in [1.82, 2.24) is 10.6 Å². The molecule has 0 aliphatic rings. The van der Waals surface area contributed by atoms with Gasteiger partial charge in [-0.15, -0.1) is 0 Å². The molecule has 0 aromatic rings. The van der Waals surface area contributed by atoms with Crippen LogP contribution < -0.4 is 33.6 Å². The zero-order valence-electron chi connectivity index (χ0n) is 17.3. The number of carbonyl (C=O) groups excluding carboxylic acids is 4. The number of primary amides is 2. The van der Waals surface area contributed by atoms with Gasteiger partial charge in [-0.1, -0.05) is 6.42 Å². The van der Waals surface area contributed by atoms with E-state index in [9.17, 15) is 24.0 Å². The third-order valence-corrected chi connectivity index (χ3v) is 3.64. The number of nitrogens with one attached hydrogen (secondary N) is 2. The van der Waals surface area contributed by atoms with Crippen molar-refractivity contribution in [1.29, 1.82) is 0 Å². The molecule has 12 N–H and O–H groups in total. The van der Waals surface area contributed by atoms with E-state index in [0.29, 0.717) is 25.8 Å². The Kier molecular flexibility index (Phi) is 16.0. The standard InChI is InChI=1S/C15H28N6O6.C2H4O2/c16-6-2-1-3-8(17)13(24)20-9(4-5-11(18)22)14(25)21-10(15(26)27)7-12(19)23;1-2(3)4/h8-10H,1-7,16-17H2,(H2,18,22)(H2,19,23)(H,20,24)(H,21,25)(H,26,27);1H3,(H,3,4)/t8-,9-,10-;/m0./s1. The summed E-state index contributed by atoms with van der Waals surface area (Å²) >= 11 is 0. The van der Waals surface area contributed by atoms with Crippen molar-refractivity contribution in [2.75, 3.05) is 6.54 Å². The molecule has 0 saturated heterocycles. The zero-order valence-corrected chi connectivity index (χ0v) is 17.3. The monoisotopic (exact) mass is 448 g/mol. The van der Waals surface area contributed by atoms with Crippen molar-refractivity contribution in [2.45, 2.75) is 63.6 Å². The minimum atomic E-state index is -1.57. The summed E-state index contributed by atoms with van der Waals surface area (Å²) in [5, 5.41) is 20.9. The van der Waals surface area contributed by atoms with E-state index in [2.05, 4.69) is 10.6 Å². The molecule has 3 atom stereocenters. The molecule has 14 heteroatoms. The smallest absolute Gasteiger partial charge is 0.326 e. The molecule has 14 nitrogen and oxygen atoms in total. The van der Waals surface area contributed by atoms with Gasteiger partial charge in [-0.3, -0.25) is 24.0 Å². The lowest BCUT2D eigenvalue weighted by molar-refractivity contribution is -0.143. The molecule has 0 spiro atoms. The van der Waals surface area contributed by atoms with Gasteiger partial charge in [0.05, 0.1) is 12.5 Å². The number of carboxylic acid groups (broad SMARTS) is 2. The van der Waals surface area contributed by atoms with Crippen LogP contribution in [0.2, 0.25) is 0 Å². The minimum Gasteiger partial charge on any atom is -0.481 e. The fourth-order valence-corrected chi connectivity index (χ4v) is 2.15. The Morgan fingerprint density at radius 2 is 1.35 bits per heavy atom. The molecule has 0 aromatic carbocycles. The number of hydrogen-bond acceptors (Lipinski definition) is 8. The Bertz CT molecular complexity index is 638. The van der Waals surface area contributed by atoms with Crippen LogP contribution in [0.1, 0.15) is 45.4 Å². The van der Waals surface area contributed by atoms with Crippen molar-refractivity contribution in [3.05, 3.63) is 0 Å². The molecule has 0 fully saturated rings. The first-order valence-electron chi connectivity index (χ1n) is 9.37. The summed E-state index contributed by atoms with van der Waals surface area (Å²) in [5.74, 6) is -5.48. The molecule has 0 unspecified atom stereocenters. The lowest BCUT2D eigenvalue weighted by Crippen LogP contribution is -2.55. The van der Waals surface area contributed by atoms with Gasteiger partial charge in [0, 0.05) is 13.3 Å². The maximum atomic E-state index is 12.3. The van der Waals surface area contributed by atoms with Crippen LogP contribution in [0, 0.1) is 0 Å². The van der Waals surface area contributed by atoms with Crippen LogP contribution >= 0.6 is 0 Å². The van der Waals surface area contributed by atoms with Crippen molar-refractivity contribution in [2.24, 2.45) is 22.9 Å². The normalized spacial score (nSPS) is 12.9. The van der Waals surface area contributed by atoms with Crippen LogP contribution in [0.5, 0.6) is 0 Å². The predicted molar refractivity (Wildman–Crippen MR) is 108 cm³/mol. The van der Waals surface area contributed by atoms with Gasteiger partial charge in [0.2, 0.25) is 23.6 Å². The molecular weight excluding hydrogens is 416 g/mol. The summed E-state index contributed by atoms with van der Waals surface area (Å²) in [5.41, 5.74) is 21.1. The molecule has 0 radical (unpaired) electrons. The van der Waals surface area contributed by atoms with Gasteiger partial charge in [0.15, 0.2) is 0 Å². The van der Waals surface area contributed by atoms with E-state index < -0.39 is 60.1 Å². The Labute approximate surface area is 179 Å². The second kappa shape index (κ2) is 16.5. The Morgan fingerprint density at radius 3 is 1.77 bits per heavy atom. The Morgan fingerprint density at radius 1 is 0.839 bits per heavy atom. The number of unbranched alkanes of at least 4 members (excludes halogenated alkanes) is 1. The van der Waals surface area contributed by atoms with Crippen molar-refractivity contribution < 1.29 is 39.0 Å². The molecule has 0 aliphatic heterocycles. The van der Waals surface area contributed by atoms with Crippen LogP contribution in [0.15, 0.2) is 0 Å². The van der Waals surface area contributed by atoms with Gasteiger partial charge >= 0.3 is 5.97 Å². The summed E-state index contributed by atoms with van der Waals surface area (Å²) in [6.45, 7) is 1.54. The molecule has 0 aromatic heterocycles. The Hall–Kier alpha value is -3.26. The van der Waals surface area contributed by atoms with Gasteiger partial charge < -0.3 is 43.8 Å².